The largest absolute Gasteiger partial charge is 0.330 e. The Morgan fingerprint density at radius 2 is 1.53 bits per heavy atom. The van der Waals surface area contributed by atoms with E-state index >= 15 is 0 Å². The monoisotopic (exact) mass is 237 g/mol. The molecule has 2 saturated carbocycles. The third-order valence-corrected chi connectivity index (χ3v) is 4.85. The summed E-state index contributed by atoms with van der Waals surface area (Å²) in [5, 5.41) is 0. The van der Waals surface area contributed by atoms with Crippen molar-refractivity contribution in [1.82, 2.24) is 0 Å². The van der Waals surface area contributed by atoms with Crippen LogP contribution in [0.15, 0.2) is 0 Å². The topological polar surface area (TPSA) is 43.1 Å². The first-order valence-corrected chi connectivity index (χ1v) is 7.52. The summed E-state index contributed by atoms with van der Waals surface area (Å²) in [5.74, 6) is 2.34. The fourth-order valence-electron chi connectivity index (χ4n) is 3.56. The Balaban J connectivity index is 1.72. The zero-order valence-corrected chi connectivity index (χ0v) is 11.0. The summed E-state index contributed by atoms with van der Waals surface area (Å²) in [5.41, 5.74) is 5.69. The highest BCUT2D eigenvalue weighted by atomic mass is 16.1. The van der Waals surface area contributed by atoms with Crippen molar-refractivity contribution < 1.29 is 4.79 Å². The van der Waals surface area contributed by atoms with Crippen molar-refractivity contribution in [3.63, 3.8) is 0 Å². The van der Waals surface area contributed by atoms with Crippen molar-refractivity contribution in [2.75, 3.05) is 6.54 Å². The molecule has 0 aromatic carbocycles. The van der Waals surface area contributed by atoms with E-state index in [9.17, 15) is 4.79 Å². The minimum absolute atomic E-state index is 0.375. The predicted molar refractivity (Wildman–Crippen MR) is 70.7 cm³/mol. The predicted octanol–water partition coefficient (Wildman–Crippen LogP) is 3.29. The molecule has 0 aromatic rings. The van der Waals surface area contributed by atoms with Crippen LogP contribution in [0.2, 0.25) is 0 Å². The van der Waals surface area contributed by atoms with Crippen LogP contribution in [0, 0.1) is 17.8 Å². The second-order valence-corrected chi connectivity index (χ2v) is 6.13. The third kappa shape index (κ3) is 3.80. The van der Waals surface area contributed by atoms with Crippen LogP contribution in [-0.2, 0) is 4.79 Å². The van der Waals surface area contributed by atoms with Gasteiger partial charge in [0.05, 0.1) is 0 Å². The van der Waals surface area contributed by atoms with Gasteiger partial charge in [0, 0.05) is 12.3 Å². The van der Waals surface area contributed by atoms with E-state index in [0.29, 0.717) is 23.5 Å². The van der Waals surface area contributed by atoms with Gasteiger partial charge in [-0.05, 0) is 44.1 Å². The molecule has 0 radical (unpaired) electrons. The van der Waals surface area contributed by atoms with E-state index < -0.39 is 0 Å². The molecule has 2 heteroatoms. The molecule has 2 rings (SSSR count). The molecule has 0 amide bonds. The van der Waals surface area contributed by atoms with Crippen LogP contribution >= 0.6 is 0 Å². The Labute approximate surface area is 105 Å². The number of hydrogen-bond donors (Lipinski definition) is 1. The fourth-order valence-corrected chi connectivity index (χ4v) is 3.56. The van der Waals surface area contributed by atoms with Gasteiger partial charge in [-0.1, -0.05) is 32.1 Å². The van der Waals surface area contributed by atoms with E-state index in [4.69, 9.17) is 5.73 Å². The summed E-state index contributed by atoms with van der Waals surface area (Å²) in [7, 11) is 0. The van der Waals surface area contributed by atoms with Gasteiger partial charge in [0.15, 0.2) is 0 Å². The van der Waals surface area contributed by atoms with Crippen molar-refractivity contribution in [2.45, 2.75) is 64.2 Å². The lowest BCUT2D eigenvalue weighted by molar-refractivity contribution is -0.125. The summed E-state index contributed by atoms with van der Waals surface area (Å²) < 4.78 is 0. The molecule has 0 spiro atoms. The van der Waals surface area contributed by atoms with Gasteiger partial charge in [0.1, 0.15) is 5.78 Å². The van der Waals surface area contributed by atoms with Crippen LogP contribution in [0.4, 0.5) is 0 Å². The molecule has 0 unspecified atom stereocenters. The highest BCUT2D eigenvalue weighted by Crippen LogP contribution is 2.33. The van der Waals surface area contributed by atoms with Crippen LogP contribution in [0.5, 0.6) is 0 Å². The molecule has 2 aliphatic rings. The maximum atomic E-state index is 12.2. The lowest BCUT2D eigenvalue weighted by Gasteiger charge is -2.28. The lowest BCUT2D eigenvalue weighted by Crippen LogP contribution is -2.27. The standard InChI is InChI=1S/C15H27NO/c16-11-13-6-8-14(9-7-13)15(17)10-12-4-2-1-3-5-12/h12-14H,1-11,16H2. The number of nitrogens with two attached hydrogens (primary N) is 1. The molecular formula is C15H27NO. The average molecular weight is 237 g/mol. The first kappa shape index (κ1) is 13.1. The highest BCUT2D eigenvalue weighted by molar-refractivity contribution is 5.81. The first-order chi connectivity index (χ1) is 8.29. The Morgan fingerprint density at radius 1 is 0.882 bits per heavy atom. The van der Waals surface area contributed by atoms with Crippen molar-refractivity contribution in [1.29, 1.82) is 0 Å². The Kier molecular flexibility index (Phi) is 5.02. The normalized spacial score (nSPS) is 31.4. The number of Topliss-reactive ketones (excluding diaryl/α,β-unsaturated/α-hetero) is 1. The Bertz CT molecular complexity index is 237. The summed E-state index contributed by atoms with van der Waals surface area (Å²) in [6.45, 7) is 0.809. The number of ketones is 1. The lowest BCUT2D eigenvalue weighted by atomic mass is 9.76. The number of carbonyl (C=O) groups excluding carboxylic acids is 1. The van der Waals surface area contributed by atoms with Gasteiger partial charge in [0.2, 0.25) is 0 Å². The summed E-state index contributed by atoms with van der Waals surface area (Å²) in [6, 6.07) is 0. The summed E-state index contributed by atoms with van der Waals surface area (Å²) >= 11 is 0. The number of carbonyl (C=O) groups is 1. The van der Waals surface area contributed by atoms with Crippen LogP contribution < -0.4 is 5.73 Å². The van der Waals surface area contributed by atoms with Gasteiger partial charge in [-0.3, -0.25) is 4.79 Å². The van der Waals surface area contributed by atoms with Crippen molar-refractivity contribution in [2.24, 2.45) is 23.5 Å². The molecular weight excluding hydrogens is 210 g/mol. The highest BCUT2D eigenvalue weighted by Gasteiger charge is 2.27. The molecule has 0 heterocycles. The first-order valence-electron chi connectivity index (χ1n) is 7.52. The van der Waals surface area contributed by atoms with Crippen molar-refractivity contribution in [3.05, 3.63) is 0 Å². The molecule has 0 aromatic heterocycles. The molecule has 98 valence electrons. The summed E-state index contributed by atoms with van der Waals surface area (Å²) in [4.78, 5) is 12.2. The zero-order chi connectivity index (χ0) is 12.1. The molecule has 2 nitrogen and oxygen atoms in total. The third-order valence-electron chi connectivity index (χ3n) is 4.85. The molecule has 2 fully saturated rings. The smallest absolute Gasteiger partial charge is 0.136 e. The van der Waals surface area contributed by atoms with Gasteiger partial charge < -0.3 is 5.73 Å². The summed E-state index contributed by atoms with van der Waals surface area (Å²) in [6.07, 6.45) is 12.1. The SMILES string of the molecule is NCC1CCC(C(=O)CC2CCCCC2)CC1. The minimum Gasteiger partial charge on any atom is -0.330 e. The minimum atomic E-state index is 0.375. The van der Waals surface area contributed by atoms with Gasteiger partial charge in [-0.2, -0.15) is 0 Å². The number of rotatable bonds is 4. The van der Waals surface area contributed by atoms with Crippen molar-refractivity contribution in [3.8, 4) is 0 Å². The number of hydrogen-bond acceptors (Lipinski definition) is 2. The van der Waals surface area contributed by atoms with E-state index in [0.717, 1.165) is 25.8 Å². The maximum absolute atomic E-state index is 12.2. The Hall–Kier alpha value is -0.370. The Morgan fingerprint density at radius 3 is 2.12 bits per heavy atom. The average Bonchev–Trinajstić information content (AvgIpc) is 2.40. The van der Waals surface area contributed by atoms with Gasteiger partial charge in [-0.15, -0.1) is 0 Å². The van der Waals surface area contributed by atoms with Crippen LogP contribution in [0.3, 0.4) is 0 Å². The van der Waals surface area contributed by atoms with Crippen molar-refractivity contribution >= 4 is 5.78 Å². The van der Waals surface area contributed by atoms with E-state index in [1.54, 1.807) is 0 Å². The van der Waals surface area contributed by atoms with Gasteiger partial charge >= 0.3 is 0 Å². The fraction of sp³-hybridized carbons (Fsp3) is 0.933. The molecule has 0 saturated heterocycles. The van der Waals surface area contributed by atoms with E-state index in [-0.39, 0.29) is 0 Å². The molecule has 0 aliphatic heterocycles. The zero-order valence-electron chi connectivity index (χ0n) is 11.0. The molecule has 17 heavy (non-hydrogen) atoms. The van der Waals surface area contributed by atoms with E-state index in [1.807, 2.05) is 0 Å². The molecule has 2 N–H and O–H groups in total. The molecule has 2 aliphatic carbocycles. The maximum Gasteiger partial charge on any atom is 0.136 e. The van der Waals surface area contributed by atoms with Crippen LogP contribution in [0.1, 0.15) is 64.2 Å². The van der Waals surface area contributed by atoms with Crippen LogP contribution in [0.25, 0.3) is 0 Å². The van der Waals surface area contributed by atoms with Gasteiger partial charge in [0.25, 0.3) is 0 Å². The second-order valence-electron chi connectivity index (χ2n) is 6.13. The second kappa shape index (κ2) is 6.53. The van der Waals surface area contributed by atoms with Gasteiger partial charge in [-0.25, -0.2) is 0 Å². The van der Waals surface area contributed by atoms with Crippen LogP contribution in [-0.4, -0.2) is 12.3 Å². The van der Waals surface area contributed by atoms with E-state index in [1.165, 1.54) is 44.9 Å². The quantitative estimate of drug-likeness (QED) is 0.815. The molecule has 0 atom stereocenters. The molecule has 0 bridgehead atoms. The van der Waals surface area contributed by atoms with E-state index in [2.05, 4.69) is 0 Å².